The van der Waals surface area contributed by atoms with Crippen LogP contribution >= 0.6 is 11.6 Å². The molecule has 1 aliphatic rings. The molecule has 2 atom stereocenters. The molecule has 37 heavy (non-hydrogen) atoms. The van der Waals surface area contributed by atoms with E-state index in [4.69, 9.17) is 11.6 Å². The Balaban J connectivity index is 1.62. The molecule has 2 aromatic carbocycles. The molecule has 1 fully saturated rings. The monoisotopic (exact) mass is 523 g/mol. The number of piperidine rings is 1. The lowest BCUT2D eigenvalue weighted by Gasteiger charge is -2.27. The number of benzene rings is 2. The van der Waals surface area contributed by atoms with Crippen molar-refractivity contribution in [3.8, 4) is 0 Å². The van der Waals surface area contributed by atoms with Crippen molar-refractivity contribution in [2.45, 2.75) is 58.4 Å². The Morgan fingerprint density at radius 3 is 2.65 bits per heavy atom. The summed E-state index contributed by atoms with van der Waals surface area (Å²) in [5.74, 6) is -1.68. The van der Waals surface area contributed by atoms with Crippen molar-refractivity contribution < 1.29 is 24.0 Å². The maximum absolute atomic E-state index is 12.7. The summed E-state index contributed by atoms with van der Waals surface area (Å²) >= 11 is 6.17. The van der Waals surface area contributed by atoms with Gasteiger partial charge in [0, 0.05) is 41.7 Å². The molecule has 9 heteroatoms. The van der Waals surface area contributed by atoms with Gasteiger partial charge in [0.15, 0.2) is 0 Å². The van der Waals surface area contributed by atoms with Gasteiger partial charge in [-0.3, -0.25) is 34.2 Å². The topological polar surface area (TPSA) is 113 Å². The van der Waals surface area contributed by atoms with Gasteiger partial charge in [0.1, 0.15) is 11.8 Å². The Kier molecular flexibility index (Phi) is 9.36. The minimum absolute atomic E-state index is 0.0285. The molecule has 194 valence electrons. The van der Waals surface area contributed by atoms with E-state index in [0.717, 1.165) is 21.6 Å². The fraction of sp³-hybridized carbons (Fsp3) is 0.321. The molecular weight excluding hydrogens is 494 g/mol. The van der Waals surface area contributed by atoms with Gasteiger partial charge < -0.3 is 5.32 Å². The average Bonchev–Trinajstić information content (AvgIpc) is 2.83. The van der Waals surface area contributed by atoms with Crippen LogP contribution < -0.4 is 10.6 Å². The lowest BCUT2D eigenvalue weighted by molar-refractivity contribution is -0.148. The molecule has 2 N–H and O–H groups in total. The summed E-state index contributed by atoms with van der Waals surface area (Å²) in [6, 6.07) is 12.1. The summed E-state index contributed by atoms with van der Waals surface area (Å²) < 4.78 is 0. The zero-order valence-electron chi connectivity index (χ0n) is 21.0. The van der Waals surface area contributed by atoms with Gasteiger partial charge >= 0.3 is 0 Å². The highest BCUT2D eigenvalue weighted by Crippen LogP contribution is 2.25. The Labute approximate surface area is 221 Å². The van der Waals surface area contributed by atoms with Crippen LogP contribution in [0, 0.1) is 6.92 Å². The second kappa shape index (κ2) is 12.5. The number of aryl methyl sites for hydroxylation is 1. The van der Waals surface area contributed by atoms with E-state index in [1.165, 1.54) is 6.08 Å². The third kappa shape index (κ3) is 7.60. The summed E-state index contributed by atoms with van der Waals surface area (Å²) in [4.78, 5) is 61.0. The number of Topliss-reactive ketones (excluding diaryl/α,β-unsaturated/α-hetero) is 1. The Hall–Kier alpha value is -3.78. The molecule has 1 aliphatic heterocycles. The number of nitrogens with one attached hydrogen (secondary N) is 2. The molecule has 8 nitrogen and oxygen atoms in total. The predicted octanol–water partition coefficient (Wildman–Crippen LogP) is 4.06. The number of nitrogens with zero attached hydrogens (tertiary/aromatic N) is 1. The van der Waals surface area contributed by atoms with E-state index in [-0.39, 0.29) is 24.5 Å². The van der Waals surface area contributed by atoms with E-state index in [1.807, 2.05) is 56.3 Å². The number of amides is 4. The molecule has 4 amide bonds. The van der Waals surface area contributed by atoms with E-state index in [0.29, 0.717) is 35.7 Å². The minimum atomic E-state index is -1.02. The van der Waals surface area contributed by atoms with Crippen LogP contribution in [-0.4, -0.2) is 40.9 Å². The quantitative estimate of drug-likeness (QED) is 0.276. The maximum atomic E-state index is 12.7. The molecule has 3 rings (SSSR count). The first-order valence-corrected chi connectivity index (χ1v) is 12.4. The molecule has 0 spiro atoms. The number of anilines is 1. The van der Waals surface area contributed by atoms with Crippen LogP contribution in [0.4, 0.5) is 5.69 Å². The van der Waals surface area contributed by atoms with E-state index < -0.39 is 23.8 Å². The standard InChI is InChI=1S/C28H30ClN3O5/c1-17-7-8-20(14-24(17)29)13-23(34)11-18(2)21-5-4-6-22(15-21)30-19(3)12-27(36)32(16-33)25-9-10-26(35)31-28(25)37/h4-8,12,14-16,18,25,30H,9-11,13H2,1-3H3,(H,31,35,37)/b19-12+. The lowest BCUT2D eigenvalue weighted by Crippen LogP contribution is -2.53. The zero-order chi connectivity index (χ0) is 27.1. The first kappa shape index (κ1) is 27.8. The minimum Gasteiger partial charge on any atom is -0.359 e. The number of carbonyl (C=O) groups is 5. The Morgan fingerprint density at radius 2 is 1.97 bits per heavy atom. The van der Waals surface area contributed by atoms with Crippen LogP contribution in [0.5, 0.6) is 0 Å². The summed E-state index contributed by atoms with van der Waals surface area (Å²) in [6.07, 6.45) is 2.35. The molecule has 0 saturated carbocycles. The molecule has 2 aromatic rings. The average molecular weight is 524 g/mol. The number of allylic oxidation sites excluding steroid dienone is 1. The smallest absolute Gasteiger partial charge is 0.255 e. The zero-order valence-corrected chi connectivity index (χ0v) is 21.8. The molecule has 1 heterocycles. The summed E-state index contributed by atoms with van der Waals surface area (Å²) in [6.45, 7) is 5.56. The highest BCUT2D eigenvalue weighted by Gasteiger charge is 2.33. The van der Waals surface area contributed by atoms with Crippen LogP contribution in [0.3, 0.4) is 0 Å². The molecule has 0 bridgehead atoms. The highest BCUT2D eigenvalue weighted by atomic mass is 35.5. The van der Waals surface area contributed by atoms with Gasteiger partial charge in [-0.2, -0.15) is 0 Å². The summed E-state index contributed by atoms with van der Waals surface area (Å²) in [5.41, 5.74) is 3.98. The van der Waals surface area contributed by atoms with Crippen LogP contribution in [-0.2, 0) is 30.4 Å². The second-order valence-electron chi connectivity index (χ2n) is 9.30. The molecule has 1 saturated heterocycles. The fourth-order valence-corrected chi connectivity index (χ4v) is 4.38. The molecule has 0 aliphatic carbocycles. The molecule has 0 radical (unpaired) electrons. The highest BCUT2D eigenvalue weighted by molar-refractivity contribution is 6.31. The molecular formula is C28H30ClN3O5. The van der Waals surface area contributed by atoms with Gasteiger partial charge in [-0.05, 0) is 61.1 Å². The van der Waals surface area contributed by atoms with Crippen LogP contribution in [0.25, 0.3) is 0 Å². The van der Waals surface area contributed by atoms with Gasteiger partial charge in [-0.15, -0.1) is 0 Å². The van der Waals surface area contributed by atoms with Crippen molar-refractivity contribution >= 4 is 47.2 Å². The van der Waals surface area contributed by atoms with Gasteiger partial charge in [0.05, 0.1) is 0 Å². The largest absolute Gasteiger partial charge is 0.359 e. The van der Waals surface area contributed by atoms with Crippen LogP contribution in [0.1, 0.15) is 55.7 Å². The first-order chi connectivity index (χ1) is 17.6. The third-order valence-corrected chi connectivity index (χ3v) is 6.63. The number of ketones is 1. The van der Waals surface area contributed by atoms with Gasteiger partial charge in [0.25, 0.3) is 5.91 Å². The number of carbonyl (C=O) groups excluding carboxylic acids is 5. The van der Waals surface area contributed by atoms with Gasteiger partial charge in [-0.1, -0.05) is 42.8 Å². The normalized spacial score (nSPS) is 16.5. The Bertz CT molecular complexity index is 1260. The lowest BCUT2D eigenvalue weighted by atomic mass is 9.93. The maximum Gasteiger partial charge on any atom is 0.255 e. The molecule has 2 unspecified atom stereocenters. The number of hydrogen-bond donors (Lipinski definition) is 2. The SMILES string of the molecule is C/C(=C\C(=O)N(C=O)C1CCC(=O)NC1=O)Nc1cccc(C(C)CC(=O)Cc2ccc(C)c(Cl)c2)c1. The predicted molar refractivity (Wildman–Crippen MR) is 141 cm³/mol. The summed E-state index contributed by atoms with van der Waals surface area (Å²) in [5, 5.41) is 5.91. The van der Waals surface area contributed by atoms with Crippen LogP contribution in [0.2, 0.25) is 5.02 Å². The number of rotatable bonds is 10. The number of imide groups is 2. The van der Waals surface area contributed by atoms with Crippen molar-refractivity contribution in [2.24, 2.45) is 0 Å². The van der Waals surface area contributed by atoms with Gasteiger partial charge in [0.2, 0.25) is 18.2 Å². The number of halogens is 1. The second-order valence-corrected chi connectivity index (χ2v) is 9.71. The van der Waals surface area contributed by atoms with Crippen molar-refractivity contribution in [1.29, 1.82) is 0 Å². The molecule has 0 aromatic heterocycles. The van der Waals surface area contributed by atoms with E-state index in [2.05, 4.69) is 10.6 Å². The van der Waals surface area contributed by atoms with Crippen molar-refractivity contribution in [1.82, 2.24) is 10.2 Å². The van der Waals surface area contributed by atoms with E-state index >= 15 is 0 Å². The summed E-state index contributed by atoms with van der Waals surface area (Å²) in [7, 11) is 0. The third-order valence-electron chi connectivity index (χ3n) is 6.22. The Morgan fingerprint density at radius 1 is 1.22 bits per heavy atom. The first-order valence-electron chi connectivity index (χ1n) is 12.0. The van der Waals surface area contributed by atoms with E-state index in [9.17, 15) is 24.0 Å². The number of hydrogen-bond acceptors (Lipinski definition) is 6. The van der Waals surface area contributed by atoms with Crippen molar-refractivity contribution in [2.75, 3.05) is 5.32 Å². The van der Waals surface area contributed by atoms with Crippen LogP contribution in [0.15, 0.2) is 54.2 Å². The van der Waals surface area contributed by atoms with E-state index in [1.54, 1.807) is 6.92 Å². The van der Waals surface area contributed by atoms with Gasteiger partial charge in [-0.25, -0.2) is 0 Å². The fourth-order valence-electron chi connectivity index (χ4n) is 4.18. The van der Waals surface area contributed by atoms with Crippen molar-refractivity contribution in [3.05, 3.63) is 76.0 Å². The van der Waals surface area contributed by atoms with Crippen molar-refractivity contribution in [3.63, 3.8) is 0 Å².